The number of aliphatic imine (C=N–C) groups is 2. The van der Waals surface area contributed by atoms with Crippen LogP contribution in [0.4, 0.5) is 11.5 Å². The van der Waals surface area contributed by atoms with Crippen LogP contribution in [0.5, 0.6) is 23.0 Å². The number of hydrogen-bond acceptors (Lipinski definition) is 7. The van der Waals surface area contributed by atoms with E-state index in [-0.39, 0.29) is 28.6 Å². The molecule has 0 fully saturated rings. The summed E-state index contributed by atoms with van der Waals surface area (Å²) in [6.07, 6.45) is 4.60. The van der Waals surface area contributed by atoms with E-state index in [0.717, 1.165) is 0 Å². The molecule has 8 heteroatoms. The third kappa shape index (κ3) is 5.13. The summed E-state index contributed by atoms with van der Waals surface area (Å²) in [5.41, 5.74) is 1.50. The van der Waals surface area contributed by atoms with Crippen LogP contribution in [0.25, 0.3) is 0 Å². The molecule has 153 valence electrons. The fourth-order valence-electron chi connectivity index (χ4n) is 2.47. The molecule has 0 aliphatic rings. The van der Waals surface area contributed by atoms with Crippen LogP contribution in [0.2, 0.25) is 0 Å². The molecule has 7 nitrogen and oxygen atoms in total. The number of ether oxygens (including phenoxy) is 2. The van der Waals surface area contributed by atoms with E-state index in [0.29, 0.717) is 34.1 Å². The van der Waals surface area contributed by atoms with Gasteiger partial charge in [-0.25, -0.2) is 9.98 Å². The number of phenolic OH excluding ortho intramolecular Hbond substituents is 2. The Balaban J connectivity index is 0.00000300. The fourth-order valence-corrected chi connectivity index (χ4v) is 2.47. The zero-order chi connectivity index (χ0) is 19.9. The van der Waals surface area contributed by atoms with Gasteiger partial charge in [0.25, 0.3) is 0 Å². The van der Waals surface area contributed by atoms with Crippen LogP contribution in [0.1, 0.15) is 11.1 Å². The molecule has 3 aromatic rings. The molecule has 0 aliphatic carbocycles. The first-order valence-electron chi connectivity index (χ1n) is 8.39. The number of aromatic nitrogens is 1. The maximum atomic E-state index is 10.2. The molecule has 3 rings (SSSR count). The summed E-state index contributed by atoms with van der Waals surface area (Å²) in [5, 5.41) is 20.3. The van der Waals surface area contributed by atoms with E-state index in [1.807, 2.05) is 0 Å². The zero-order valence-corrected chi connectivity index (χ0v) is 16.6. The van der Waals surface area contributed by atoms with Crippen molar-refractivity contribution in [1.29, 1.82) is 0 Å². The summed E-state index contributed by atoms with van der Waals surface area (Å²) in [6.45, 7) is 0. The van der Waals surface area contributed by atoms with E-state index in [1.165, 1.54) is 26.6 Å². The van der Waals surface area contributed by atoms with Crippen molar-refractivity contribution in [3.63, 3.8) is 0 Å². The molecular formula is C21H19CuN3O4. The second-order valence-corrected chi connectivity index (χ2v) is 5.66. The molecule has 0 bridgehead atoms. The molecule has 0 saturated heterocycles. The maximum Gasteiger partial charge on any atom is 0.178 e. The average molecular weight is 441 g/mol. The number of pyridine rings is 1. The summed E-state index contributed by atoms with van der Waals surface area (Å²) in [7, 11) is 2.97. The largest absolute Gasteiger partial charge is 0.504 e. The van der Waals surface area contributed by atoms with Crippen molar-refractivity contribution in [1.82, 2.24) is 4.98 Å². The predicted molar refractivity (Wildman–Crippen MR) is 108 cm³/mol. The molecule has 0 atom stereocenters. The van der Waals surface area contributed by atoms with Crippen LogP contribution >= 0.6 is 0 Å². The molecule has 0 saturated carbocycles. The third-order valence-electron chi connectivity index (χ3n) is 3.93. The number of hydrogen-bond donors (Lipinski definition) is 2. The van der Waals surface area contributed by atoms with Gasteiger partial charge in [0.05, 0.1) is 14.2 Å². The zero-order valence-electron chi connectivity index (χ0n) is 15.7. The van der Waals surface area contributed by atoms with Gasteiger partial charge in [-0.05, 0) is 36.4 Å². The van der Waals surface area contributed by atoms with Gasteiger partial charge >= 0.3 is 0 Å². The molecule has 1 radical (unpaired) electrons. The number of aromatic hydroxyl groups is 2. The van der Waals surface area contributed by atoms with Gasteiger partial charge < -0.3 is 19.7 Å². The van der Waals surface area contributed by atoms with Gasteiger partial charge in [0.2, 0.25) is 0 Å². The topological polar surface area (TPSA) is 96.5 Å². The Kier molecular flexibility index (Phi) is 7.77. The van der Waals surface area contributed by atoms with Crippen LogP contribution in [-0.4, -0.2) is 41.8 Å². The first kappa shape index (κ1) is 21.9. The predicted octanol–water partition coefficient (Wildman–Crippen LogP) is 4.01. The Morgan fingerprint density at radius 1 is 0.793 bits per heavy atom. The number of phenols is 2. The Bertz CT molecular complexity index is 956. The summed E-state index contributed by atoms with van der Waals surface area (Å²) in [4.78, 5) is 12.9. The standard InChI is InChI=1S/C21H19N3O4.Cu/c1-27-17-9-3-6-14(19(17)25)12-23-16-8-5-11-22-21(16)24-13-15-7-4-10-18(28-2)20(15)26;/h3-13,25-26H,1-2H3;/b23-12?,24-13+;. The van der Waals surface area contributed by atoms with Gasteiger partial charge in [0.1, 0.15) is 5.69 Å². The summed E-state index contributed by atoms with van der Waals surface area (Å²) >= 11 is 0. The van der Waals surface area contributed by atoms with Crippen molar-refractivity contribution in [3.05, 3.63) is 65.9 Å². The minimum absolute atomic E-state index is 0. The van der Waals surface area contributed by atoms with E-state index in [2.05, 4.69) is 15.0 Å². The van der Waals surface area contributed by atoms with Crippen LogP contribution in [0.15, 0.2) is 64.7 Å². The molecule has 1 aromatic heterocycles. The first-order chi connectivity index (χ1) is 13.6. The summed E-state index contributed by atoms with van der Waals surface area (Å²) in [5.74, 6) is 1.09. The number of nitrogens with zero attached hydrogens (tertiary/aromatic N) is 3. The Labute approximate surface area is 178 Å². The van der Waals surface area contributed by atoms with Crippen molar-refractivity contribution >= 4 is 23.9 Å². The van der Waals surface area contributed by atoms with Crippen LogP contribution in [0, 0.1) is 0 Å². The SMILES string of the molecule is COc1cccc(C=Nc2cccnc2/N=C/c2cccc(OC)c2O)c1O.[Cu]. The van der Waals surface area contributed by atoms with E-state index in [4.69, 9.17) is 9.47 Å². The summed E-state index contributed by atoms with van der Waals surface area (Å²) in [6, 6.07) is 13.7. The van der Waals surface area contributed by atoms with Gasteiger partial charge in [-0.3, -0.25) is 4.99 Å². The Morgan fingerprint density at radius 3 is 1.90 bits per heavy atom. The number of rotatable bonds is 6. The Morgan fingerprint density at radius 2 is 1.34 bits per heavy atom. The van der Waals surface area contributed by atoms with E-state index in [9.17, 15) is 10.2 Å². The molecule has 0 spiro atoms. The Hall–Kier alpha value is -3.35. The fraction of sp³-hybridized carbons (Fsp3) is 0.0952. The second kappa shape index (κ2) is 10.3. The van der Waals surface area contributed by atoms with Crippen molar-refractivity contribution in [2.24, 2.45) is 9.98 Å². The number of methoxy groups -OCH3 is 2. The van der Waals surface area contributed by atoms with Gasteiger partial charge in [0, 0.05) is 46.8 Å². The monoisotopic (exact) mass is 440 g/mol. The van der Waals surface area contributed by atoms with Crippen LogP contribution < -0.4 is 9.47 Å². The van der Waals surface area contributed by atoms with Gasteiger partial charge in [0.15, 0.2) is 28.8 Å². The van der Waals surface area contributed by atoms with Crippen LogP contribution in [0.3, 0.4) is 0 Å². The smallest absolute Gasteiger partial charge is 0.178 e. The molecule has 0 unspecified atom stereocenters. The molecule has 0 amide bonds. The minimum Gasteiger partial charge on any atom is -0.504 e. The van der Waals surface area contributed by atoms with Crippen LogP contribution in [-0.2, 0) is 17.1 Å². The van der Waals surface area contributed by atoms with E-state index < -0.39 is 0 Å². The number of benzene rings is 2. The maximum absolute atomic E-state index is 10.2. The van der Waals surface area contributed by atoms with E-state index >= 15 is 0 Å². The normalized spacial score (nSPS) is 10.8. The number of para-hydroxylation sites is 2. The summed E-state index contributed by atoms with van der Waals surface area (Å²) < 4.78 is 10.2. The third-order valence-corrected chi connectivity index (χ3v) is 3.93. The molecule has 2 aromatic carbocycles. The molecule has 29 heavy (non-hydrogen) atoms. The average Bonchev–Trinajstić information content (AvgIpc) is 2.73. The van der Waals surface area contributed by atoms with E-state index in [1.54, 1.807) is 54.7 Å². The van der Waals surface area contributed by atoms with Crippen molar-refractivity contribution in [2.45, 2.75) is 0 Å². The van der Waals surface area contributed by atoms with Crippen molar-refractivity contribution in [2.75, 3.05) is 14.2 Å². The van der Waals surface area contributed by atoms with Gasteiger partial charge in [-0.1, -0.05) is 12.1 Å². The molecule has 1 heterocycles. The minimum atomic E-state index is -0.00367. The second-order valence-electron chi connectivity index (χ2n) is 5.66. The van der Waals surface area contributed by atoms with Gasteiger partial charge in [-0.15, -0.1) is 0 Å². The first-order valence-corrected chi connectivity index (χ1v) is 8.39. The quantitative estimate of drug-likeness (QED) is 0.446. The molecule has 0 aliphatic heterocycles. The van der Waals surface area contributed by atoms with Gasteiger partial charge in [-0.2, -0.15) is 0 Å². The molecular weight excluding hydrogens is 422 g/mol. The molecule has 2 N–H and O–H groups in total. The van der Waals surface area contributed by atoms with Crippen molar-refractivity contribution < 1.29 is 36.8 Å². The van der Waals surface area contributed by atoms with Crippen molar-refractivity contribution in [3.8, 4) is 23.0 Å².